The van der Waals surface area contributed by atoms with Crippen molar-refractivity contribution in [2.24, 2.45) is 5.92 Å². The first kappa shape index (κ1) is 19.7. The summed E-state index contributed by atoms with van der Waals surface area (Å²) in [6, 6.07) is 7.81. The predicted molar refractivity (Wildman–Crippen MR) is 106 cm³/mol. The first-order chi connectivity index (χ1) is 12.8. The van der Waals surface area contributed by atoms with E-state index in [4.69, 9.17) is 0 Å². The molecular weight excluding hydrogens is 364 g/mol. The number of aliphatic carboxylic acids is 1. The van der Waals surface area contributed by atoms with Crippen molar-refractivity contribution in [2.45, 2.75) is 44.6 Å². The van der Waals surface area contributed by atoms with E-state index in [2.05, 4.69) is 19.2 Å². The molecule has 2 amide bonds. The van der Waals surface area contributed by atoms with Gasteiger partial charge in [0.05, 0.1) is 0 Å². The highest BCUT2D eigenvalue weighted by molar-refractivity contribution is 7.99. The molecule has 6 nitrogen and oxygen atoms in total. The molecule has 2 aliphatic heterocycles. The van der Waals surface area contributed by atoms with E-state index in [0.717, 1.165) is 5.69 Å². The Hall–Kier alpha value is -2.02. The molecule has 1 aromatic rings. The number of hydrogen-bond donors (Lipinski definition) is 2. The molecule has 0 spiro atoms. The molecule has 0 aliphatic carbocycles. The third-order valence-electron chi connectivity index (χ3n) is 5.51. The van der Waals surface area contributed by atoms with Gasteiger partial charge in [-0.2, -0.15) is 11.8 Å². The van der Waals surface area contributed by atoms with Crippen LogP contribution in [0.3, 0.4) is 0 Å². The number of carbonyl (C=O) groups is 3. The Morgan fingerprint density at radius 1 is 1.22 bits per heavy atom. The summed E-state index contributed by atoms with van der Waals surface area (Å²) in [6.45, 7) is 4.69. The normalized spacial score (nSPS) is 22.1. The van der Waals surface area contributed by atoms with E-state index < -0.39 is 23.3 Å². The fourth-order valence-corrected chi connectivity index (χ4v) is 4.84. The van der Waals surface area contributed by atoms with Gasteiger partial charge < -0.3 is 15.3 Å². The molecule has 2 N–H and O–H groups in total. The van der Waals surface area contributed by atoms with Gasteiger partial charge in [-0.3, -0.25) is 9.59 Å². The second-order valence-electron chi connectivity index (χ2n) is 7.57. The van der Waals surface area contributed by atoms with E-state index in [1.165, 1.54) is 5.56 Å². The Morgan fingerprint density at radius 2 is 1.85 bits per heavy atom. The molecule has 3 rings (SSSR count). The van der Waals surface area contributed by atoms with E-state index in [9.17, 15) is 19.5 Å². The summed E-state index contributed by atoms with van der Waals surface area (Å²) in [7, 11) is 0. The van der Waals surface area contributed by atoms with Crippen molar-refractivity contribution in [2.75, 3.05) is 23.0 Å². The Labute approximate surface area is 163 Å². The summed E-state index contributed by atoms with van der Waals surface area (Å²) in [5, 5.41) is 12.3. The van der Waals surface area contributed by atoms with Gasteiger partial charge in [-0.05, 0) is 54.4 Å². The molecule has 1 atom stereocenters. The number of carboxylic acids is 1. The Kier molecular flexibility index (Phi) is 5.79. The molecule has 2 aliphatic rings. The third-order valence-corrected chi connectivity index (χ3v) is 6.50. The first-order valence-electron chi connectivity index (χ1n) is 9.38. The lowest BCUT2D eigenvalue weighted by molar-refractivity contribution is -0.149. The number of rotatable bonds is 5. The second kappa shape index (κ2) is 7.92. The van der Waals surface area contributed by atoms with Crippen LogP contribution < -0.4 is 10.2 Å². The van der Waals surface area contributed by atoms with Crippen LogP contribution in [0.4, 0.5) is 5.69 Å². The van der Waals surface area contributed by atoms with E-state index >= 15 is 0 Å². The predicted octanol–water partition coefficient (Wildman–Crippen LogP) is 2.63. The maximum atomic E-state index is 12.8. The van der Waals surface area contributed by atoms with Crippen LogP contribution in [0.5, 0.6) is 0 Å². The van der Waals surface area contributed by atoms with Gasteiger partial charge in [-0.25, -0.2) is 4.79 Å². The van der Waals surface area contributed by atoms with E-state index in [1.54, 1.807) is 16.7 Å². The Morgan fingerprint density at radius 3 is 2.41 bits per heavy atom. The number of anilines is 1. The van der Waals surface area contributed by atoms with Gasteiger partial charge in [-0.15, -0.1) is 0 Å². The Bertz CT molecular complexity index is 726. The van der Waals surface area contributed by atoms with Crippen molar-refractivity contribution in [3.05, 3.63) is 29.8 Å². The molecule has 2 saturated heterocycles. The van der Waals surface area contributed by atoms with Crippen LogP contribution in [0.2, 0.25) is 0 Å². The van der Waals surface area contributed by atoms with Crippen LogP contribution in [0.15, 0.2) is 24.3 Å². The number of amides is 2. The molecular formula is C20H26N2O4S. The SMILES string of the molecule is CC(C)c1ccc(N2CCC(C(=O)NC3(C(=O)O)CCSCC3)C2=O)cc1. The monoisotopic (exact) mass is 390 g/mol. The van der Waals surface area contributed by atoms with Crippen molar-refractivity contribution in [3.8, 4) is 0 Å². The molecule has 27 heavy (non-hydrogen) atoms. The van der Waals surface area contributed by atoms with Gasteiger partial charge in [0.2, 0.25) is 11.8 Å². The smallest absolute Gasteiger partial charge is 0.329 e. The van der Waals surface area contributed by atoms with Crippen molar-refractivity contribution < 1.29 is 19.5 Å². The van der Waals surface area contributed by atoms with Gasteiger partial charge in [0.25, 0.3) is 0 Å². The summed E-state index contributed by atoms with van der Waals surface area (Å²) >= 11 is 1.69. The maximum Gasteiger partial charge on any atom is 0.329 e. The molecule has 1 aromatic carbocycles. The second-order valence-corrected chi connectivity index (χ2v) is 8.79. The standard InChI is InChI=1S/C20H26N2O4S/c1-13(2)14-3-5-15(6-4-14)22-10-7-16(18(22)24)17(23)21-20(19(25)26)8-11-27-12-9-20/h3-6,13,16H,7-12H2,1-2H3,(H,21,23)(H,25,26). The molecule has 0 radical (unpaired) electrons. The lowest BCUT2D eigenvalue weighted by Gasteiger charge is -2.34. The number of carboxylic acid groups (broad SMARTS) is 1. The van der Waals surface area contributed by atoms with E-state index in [0.29, 0.717) is 43.2 Å². The molecule has 0 aromatic heterocycles. The van der Waals surface area contributed by atoms with Gasteiger partial charge in [0.15, 0.2) is 0 Å². The van der Waals surface area contributed by atoms with Gasteiger partial charge in [-0.1, -0.05) is 26.0 Å². The molecule has 0 saturated carbocycles. The number of carbonyl (C=O) groups excluding carboxylic acids is 2. The minimum absolute atomic E-state index is 0.254. The highest BCUT2D eigenvalue weighted by Gasteiger charge is 2.45. The molecule has 1 unspecified atom stereocenters. The average Bonchev–Trinajstić information content (AvgIpc) is 3.04. The van der Waals surface area contributed by atoms with Crippen molar-refractivity contribution in [1.29, 1.82) is 0 Å². The summed E-state index contributed by atoms with van der Waals surface area (Å²) in [4.78, 5) is 38.9. The highest BCUT2D eigenvalue weighted by Crippen LogP contribution is 2.30. The zero-order chi connectivity index (χ0) is 19.6. The lowest BCUT2D eigenvalue weighted by Crippen LogP contribution is -2.58. The van der Waals surface area contributed by atoms with E-state index in [-0.39, 0.29) is 5.91 Å². The molecule has 2 heterocycles. The van der Waals surface area contributed by atoms with Gasteiger partial charge in [0, 0.05) is 12.2 Å². The fraction of sp³-hybridized carbons (Fsp3) is 0.550. The average molecular weight is 391 g/mol. The number of hydrogen-bond acceptors (Lipinski definition) is 4. The fourth-order valence-electron chi connectivity index (χ4n) is 3.65. The minimum Gasteiger partial charge on any atom is -0.480 e. The molecule has 146 valence electrons. The number of benzene rings is 1. The van der Waals surface area contributed by atoms with Crippen LogP contribution in [-0.2, 0) is 14.4 Å². The molecule has 0 bridgehead atoms. The third kappa shape index (κ3) is 3.98. The summed E-state index contributed by atoms with van der Waals surface area (Å²) in [5.41, 5.74) is 0.731. The number of thioether (sulfide) groups is 1. The van der Waals surface area contributed by atoms with Crippen molar-refractivity contribution in [1.82, 2.24) is 5.32 Å². The largest absolute Gasteiger partial charge is 0.480 e. The van der Waals surface area contributed by atoms with Crippen molar-refractivity contribution in [3.63, 3.8) is 0 Å². The zero-order valence-corrected chi connectivity index (χ0v) is 16.6. The van der Waals surface area contributed by atoms with Gasteiger partial charge in [0.1, 0.15) is 11.5 Å². The lowest BCUT2D eigenvalue weighted by atomic mass is 9.91. The van der Waals surface area contributed by atoms with Crippen LogP contribution >= 0.6 is 11.8 Å². The summed E-state index contributed by atoms with van der Waals surface area (Å²) in [5.74, 6) is -0.749. The quantitative estimate of drug-likeness (QED) is 0.755. The minimum atomic E-state index is -1.24. The number of nitrogens with zero attached hydrogens (tertiary/aromatic N) is 1. The van der Waals surface area contributed by atoms with E-state index in [1.807, 2.05) is 24.3 Å². The van der Waals surface area contributed by atoms with Crippen LogP contribution in [0.1, 0.15) is 44.6 Å². The zero-order valence-electron chi connectivity index (χ0n) is 15.7. The van der Waals surface area contributed by atoms with Crippen LogP contribution in [-0.4, -0.2) is 46.5 Å². The van der Waals surface area contributed by atoms with Gasteiger partial charge >= 0.3 is 5.97 Å². The first-order valence-corrected chi connectivity index (χ1v) is 10.5. The molecule has 7 heteroatoms. The topological polar surface area (TPSA) is 86.7 Å². The Balaban J connectivity index is 1.70. The summed E-state index contributed by atoms with van der Waals surface area (Å²) < 4.78 is 0. The number of nitrogens with one attached hydrogen (secondary N) is 1. The molecule has 2 fully saturated rings. The van der Waals surface area contributed by atoms with Crippen LogP contribution in [0.25, 0.3) is 0 Å². The van der Waals surface area contributed by atoms with Crippen LogP contribution in [0, 0.1) is 5.92 Å². The highest BCUT2D eigenvalue weighted by atomic mass is 32.2. The maximum absolute atomic E-state index is 12.8. The van der Waals surface area contributed by atoms with Crippen molar-refractivity contribution >= 4 is 35.2 Å². The summed E-state index contributed by atoms with van der Waals surface area (Å²) in [6.07, 6.45) is 1.18.